The Kier molecular flexibility index (Phi) is 5.63. The molecule has 1 amide bonds. The summed E-state index contributed by atoms with van der Waals surface area (Å²) < 4.78 is 4.85. The van der Waals surface area contributed by atoms with Gasteiger partial charge in [0.1, 0.15) is 11.3 Å². The molecule has 0 heterocycles. The largest absolute Gasteiger partial charge is 0.427 e. The number of carbonyl (C=O) groups excluding carboxylic acids is 2. The number of aliphatic hydroxyl groups excluding tert-OH is 3. The van der Waals surface area contributed by atoms with Gasteiger partial charge in [0, 0.05) is 12.5 Å². The Morgan fingerprint density at radius 1 is 1.20 bits per heavy atom. The van der Waals surface area contributed by atoms with Crippen LogP contribution < -0.4 is 10.1 Å². The molecule has 0 fully saturated rings. The fourth-order valence-corrected chi connectivity index (χ4v) is 1.45. The number of carbonyl (C=O) groups is 2. The molecule has 0 aliphatic heterocycles. The zero-order chi connectivity index (χ0) is 15.2. The molecule has 110 valence electrons. The average molecular weight is 283 g/mol. The summed E-state index contributed by atoms with van der Waals surface area (Å²) >= 11 is 0. The SMILES string of the molecule is CC(=O)Oc1cccc(C(=O)NC(CO)(CO)CO)c1. The standard InChI is InChI=1S/C13H17NO6/c1-9(18)20-11-4-2-3-10(5-11)12(19)14-13(6-15,7-16)8-17/h2-5,15-17H,6-8H2,1H3,(H,14,19). The third-order valence-electron chi connectivity index (χ3n) is 2.64. The van der Waals surface area contributed by atoms with E-state index in [9.17, 15) is 9.59 Å². The molecule has 0 unspecified atom stereocenters. The minimum atomic E-state index is -1.51. The first-order valence-corrected chi connectivity index (χ1v) is 5.90. The van der Waals surface area contributed by atoms with Crippen molar-refractivity contribution in [2.75, 3.05) is 19.8 Å². The fraction of sp³-hybridized carbons (Fsp3) is 0.385. The number of amides is 1. The highest BCUT2D eigenvalue weighted by Gasteiger charge is 2.30. The van der Waals surface area contributed by atoms with Crippen molar-refractivity contribution in [3.63, 3.8) is 0 Å². The molecule has 1 rings (SSSR count). The van der Waals surface area contributed by atoms with Crippen LogP contribution in [0.15, 0.2) is 24.3 Å². The van der Waals surface area contributed by atoms with Gasteiger partial charge >= 0.3 is 5.97 Å². The van der Waals surface area contributed by atoms with Crippen molar-refractivity contribution >= 4 is 11.9 Å². The van der Waals surface area contributed by atoms with Crippen LogP contribution in [-0.2, 0) is 4.79 Å². The lowest BCUT2D eigenvalue weighted by molar-refractivity contribution is -0.131. The highest BCUT2D eigenvalue weighted by molar-refractivity contribution is 5.95. The van der Waals surface area contributed by atoms with E-state index in [4.69, 9.17) is 20.1 Å². The molecule has 0 spiro atoms. The maximum atomic E-state index is 12.0. The summed E-state index contributed by atoms with van der Waals surface area (Å²) in [5.41, 5.74) is -1.34. The van der Waals surface area contributed by atoms with Gasteiger partial charge in [0.2, 0.25) is 0 Å². The van der Waals surface area contributed by atoms with E-state index in [0.717, 1.165) is 0 Å². The van der Waals surface area contributed by atoms with E-state index in [0.29, 0.717) is 0 Å². The Morgan fingerprint density at radius 2 is 1.80 bits per heavy atom. The van der Waals surface area contributed by atoms with Crippen molar-refractivity contribution in [3.05, 3.63) is 29.8 Å². The van der Waals surface area contributed by atoms with E-state index in [1.165, 1.54) is 31.2 Å². The zero-order valence-electron chi connectivity index (χ0n) is 11.0. The van der Waals surface area contributed by atoms with Crippen LogP contribution in [0.4, 0.5) is 0 Å². The van der Waals surface area contributed by atoms with Crippen LogP contribution in [-0.4, -0.2) is 52.6 Å². The lowest BCUT2D eigenvalue weighted by Crippen LogP contribution is -2.57. The number of aliphatic hydroxyl groups is 3. The van der Waals surface area contributed by atoms with E-state index < -0.39 is 37.2 Å². The van der Waals surface area contributed by atoms with Gasteiger partial charge in [0.15, 0.2) is 0 Å². The van der Waals surface area contributed by atoms with E-state index in [1.807, 2.05) is 0 Å². The molecule has 0 atom stereocenters. The first-order valence-electron chi connectivity index (χ1n) is 5.90. The van der Waals surface area contributed by atoms with Crippen molar-refractivity contribution in [1.29, 1.82) is 0 Å². The van der Waals surface area contributed by atoms with E-state index in [2.05, 4.69) is 5.32 Å². The number of hydrogen-bond donors (Lipinski definition) is 4. The number of esters is 1. The van der Waals surface area contributed by atoms with Crippen LogP contribution in [0.3, 0.4) is 0 Å². The first kappa shape index (κ1) is 16.1. The van der Waals surface area contributed by atoms with Crippen LogP contribution in [0, 0.1) is 0 Å². The fourth-order valence-electron chi connectivity index (χ4n) is 1.45. The Morgan fingerprint density at radius 3 is 2.30 bits per heavy atom. The Labute approximate surface area is 115 Å². The van der Waals surface area contributed by atoms with Crippen molar-refractivity contribution in [3.8, 4) is 5.75 Å². The van der Waals surface area contributed by atoms with Crippen LogP contribution in [0.25, 0.3) is 0 Å². The molecular weight excluding hydrogens is 266 g/mol. The van der Waals surface area contributed by atoms with Crippen LogP contribution >= 0.6 is 0 Å². The highest BCUT2D eigenvalue weighted by atomic mass is 16.5. The number of ether oxygens (including phenoxy) is 1. The lowest BCUT2D eigenvalue weighted by Gasteiger charge is -2.28. The van der Waals surface area contributed by atoms with Gasteiger partial charge in [-0.3, -0.25) is 9.59 Å². The van der Waals surface area contributed by atoms with Gasteiger partial charge in [-0.25, -0.2) is 0 Å². The Bertz CT molecular complexity index is 475. The highest BCUT2D eigenvalue weighted by Crippen LogP contribution is 2.14. The van der Waals surface area contributed by atoms with E-state index in [1.54, 1.807) is 0 Å². The zero-order valence-corrected chi connectivity index (χ0v) is 11.0. The summed E-state index contributed by atoms with van der Waals surface area (Å²) in [4.78, 5) is 22.8. The summed E-state index contributed by atoms with van der Waals surface area (Å²) in [5.74, 6) is -0.929. The average Bonchev–Trinajstić information content (AvgIpc) is 2.44. The molecule has 7 nitrogen and oxygen atoms in total. The summed E-state index contributed by atoms with van der Waals surface area (Å²) in [6.45, 7) is -0.610. The van der Waals surface area contributed by atoms with Crippen LogP contribution in [0.5, 0.6) is 5.75 Å². The minimum Gasteiger partial charge on any atom is -0.427 e. The molecule has 7 heteroatoms. The molecule has 0 aromatic heterocycles. The third kappa shape index (κ3) is 4.02. The second-order valence-electron chi connectivity index (χ2n) is 4.33. The maximum absolute atomic E-state index is 12.0. The number of rotatable bonds is 6. The molecule has 4 N–H and O–H groups in total. The molecule has 0 aliphatic rings. The molecular formula is C13H17NO6. The maximum Gasteiger partial charge on any atom is 0.308 e. The lowest BCUT2D eigenvalue weighted by atomic mass is 10.0. The molecule has 0 radical (unpaired) electrons. The van der Waals surface area contributed by atoms with Crippen molar-refractivity contribution in [2.24, 2.45) is 0 Å². The van der Waals surface area contributed by atoms with Crippen LogP contribution in [0.1, 0.15) is 17.3 Å². The van der Waals surface area contributed by atoms with E-state index >= 15 is 0 Å². The second-order valence-corrected chi connectivity index (χ2v) is 4.33. The Balaban J connectivity index is 2.89. The van der Waals surface area contributed by atoms with Gasteiger partial charge in [-0.15, -0.1) is 0 Å². The molecule has 1 aromatic carbocycles. The summed E-state index contributed by atoms with van der Waals surface area (Å²) in [6.07, 6.45) is 0. The third-order valence-corrected chi connectivity index (χ3v) is 2.64. The van der Waals surface area contributed by atoms with E-state index in [-0.39, 0.29) is 11.3 Å². The Hall–Kier alpha value is -1.96. The summed E-state index contributed by atoms with van der Waals surface area (Å²) in [6, 6.07) is 5.84. The van der Waals surface area contributed by atoms with Crippen molar-refractivity contribution < 1.29 is 29.6 Å². The van der Waals surface area contributed by atoms with Gasteiger partial charge in [0.05, 0.1) is 19.8 Å². The van der Waals surface area contributed by atoms with Gasteiger partial charge in [-0.05, 0) is 18.2 Å². The monoisotopic (exact) mass is 283 g/mol. The van der Waals surface area contributed by atoms with Crippen molar-refractivity contribution in [2.45, 2.75) is 12.5 Å². The quantitative estimate of drug-likeness (QED) is 0.395. The number of benzene rings is 1. The van der Waals surface area contributed by atoms with Crippen LogP contribution in [0.2, 0.25) is 0 Å². The van der Waals surface area contributed by atoms with Gasteiger partial charge in [-0.1, -0.05) is 6.07 Å². The molecule has 0 saturated carbocycles. The molecule has 0 aliphatic carbocycles. The molecule has 20 heavy (non-hydrogen) atoms. The molecule has 1 aromatic rings. The summed E-state index contributed by atoms with van der Waals surface area (Å²) in [5, 5.41) is 29.8. The van der Waals surface area contributed by atoms with Gasteiger partial charge < -0.3 is 25.4 Å². The predicted molar refractivity (Wildman–Crippen MR) is 69.2 cm³/mol. The van der Waals surface area contributed by atoms with Gasteiger partial charge in [0.25, 0.3) is 5.91 Å². The molecule has 0 bridgehead atoms. The molecule has 0 saturated heterocycles. The van der Waals surface area contributed by atoms with Gasteiger partial charge in [-0.2, -0.15) is 0 Å². The minimum absolute atomic E-state index is 0.170. The normalized spacial score (nSPS) is 11.0. The topological polar surface area (TPSA) is 116 Å². The summed E-state index contributed by atoms with van der Waals surface area (Å²) in [7, 11) is 0. The predicted octanol–water partition coefficient (Wildman–Crippen LogP) is -0.943. The first-order chi connectivity index (χ1) is 9.46. The smallest absolute Gasteiger partial charge is 0.308 e. The number of hydrogen-bond acceptors (Lipinski definition) is 6. The number of nitrogens with one attached hydrogen (secondary N) is 1. The van der Waals surface area contributed by atoms with Crippen molar-refractivity contribution in [1.82, 2.24) is 5.32 Å². The second kappa shape index (κ2) is 6.99.